The molecule has 1 aliphatic carbocycles. The van der Waals surface area contributed by atoms with Crippen molar-refractivity contribution in [1.29, 1.82) is 0 Å². The zero-order chi connectivity index (χ0) is 18.0. The molecule has 1 aromatic carbocycles. The molecule has 0 fully saturated rings. The summed E-state index contributed by atoms with van der Waals surface area (Å²) in [6, 6.07) is 9.41. The summed E-state index contributed by atoms with van der Waals surface area (Å²) in [6.45, 7) is 0.401. The fraction of sp³-hybridized carbons (Fsp3) is 0.316. The number of benzene rings is 1. The molecule has 0 saturated carbocycles. The molecular weight excluding hydrogens is 336 g/mol. The predicted octanol–water partition coefficient (Wildman–Crippen LogP) is 2.89. The van der Waals surface area contributed by atoms with E-state index in [4.69, 9.17) is 0 Å². The molecule has 0 saturated heterocycles. The molecule has 1 aromatic heterocycles. The maximum absolute atomic E-state index is 12.7. The number of ketones is 1. The normalized spacial score (nSPS) is 13.4. The molecule has 25 heavy (non-hydrogen) atoms. The molecule has 6 heteroatoms. The van der Waals surface area contributed by atoms with E-state index in [1.807, 2.05) is 30.5 Å². The minimum absolute atomic E-state index is 0.0122. The number of aryl methyl sites for hydroxylation is 1. The van der Waals surface area contributed by atoms with Crippen molar-refractivity contribution in [3.8, 4) is 0 Å². The van der Waals surface area contributed by atoms with Gasteiger partial charge in [-0.25, -0.2) is 0 Å². The Labute approximate surface area is 150 Å². The van der Waals surface area contributed by atoms with Crippen LogP contribution in [0.5, 0.6) is 0 Å². The maximum atomic E-state index is 12.7. The Kier molecular flexibility index (Phi) is 5.08. The van der Waals surface area contributed by atoms with Crippen molar-refractivity contribution in [1.82, 2.24) is 9.88 Å². The Morgan fingerprint density at radius 1 is 1.20 bits per heavy atom. The van der Waals surface area contributed by atoms with Crippen molar-refractivity contribution < 1.29 is 9.59 Å². The first kappa shape index (κ1) is 17.5. The Morgan fingerprint density at radius 2 is 1.92 bits per heavy atom. The van der Waals surface area contributed by atoms with Crippen molar-refractivity contribution in [2.45, 2.75) is 30.7 Å². The Hall–Kier alpha value is -2.34. The minimum Gasteiger partial charge on any atom is -0.337 e. The number of H-pyrrole nitrogens is 1. The lowest BCUT2D eigenvalue weighted by Gasteiger charge is -2.19. The molecule has 2 aromatic rings. The number of pyridine rings is 1. The average Bonchev–Trinajstić information content (AvgIpc) is 2.61. The molecule has 0 bridgehead atoms. The van der Waals surface area contributed by atoms with Crippen LogP contribution in [0, 0.1) is 0 Å². The van der Waals surface area contributed by atoms with Crippen molar-refractivity contribution in [3.63, 3.8) is 0 Å². The summed E-state index contributed by atoms with van der Waals surface area (Å²) in [5, 5.41) is 0. The van der Waals surface area contributed by atoms with Crippen molar-refractivity contribution in [3.05, 3.63) is 63.1 Å². The number of thioether (sulfide) groups is 1. The summed E-state index contributed by atoms with van der Waals surface area (Å²) in [4.78, 5) is 42.4. The molecule has 0 aliphatic heterocycles. The van der Waals surface area contributed by atoms with Crippen molar-refractivity contribution >= 4 is 23.5 Å². The van der Waals surface area contributed by atoms with Crippen LogP contribution in [0.25, 0.3) is 0 Å². The Morgan fingerprint density at radius 3 is 2.60 bits per heavy atom. The first-order valence-corrected chi connectivity index (χ1v) is 9.40. The van der Waals surface area contributed by atoms with E-state index < -0.39 is 5.56 Å². The van der Waals surface area contributed by atoms with Crippen LogP contribution in [0.1, 0.15) is 44.8 Å². The highest BCUT2D eigenvalue weighted by atomic mass is 32.2. The van der Waals surface area contributed by atoms with Crippen molar-refractivity contribution in [2.24, 2.45) is 0 Å². The van der Waals surface area contributed by atoms with Crippen LogP contribution >= 0.6 is 11.8 Å². The number of carbonyl (C=O) groups excluding carboxylic acids is 2. The van der Waals surface area contributed by atoms with E-state index in [1.165, 1.54) is 11.0 Å². The van der Waals surface area contributed by atoms with E-state index in [0.717, 1.165) is 16.9 Å². The number of hydrogen-bond donors (Lipinski definition) is 1. The largest absolute Gasteiger partial charge is 0.337 e. The SMILES string of the molecule is CSc1ccc(CN(C)C(=O)c2cc3c([nH]c2=O)CCCC3=O)cc1. The van der Waals surface area contributed by atoms with E-state index in [-0.39, 0.29) is 17.3 Å². The van der Waals surface area contributed by atoms with Crippen LogP contribution in [-0.2, 0) is 13.0 Å². The van der Waals surface area contributed by atoms with Crippen LogP contribution in [0.2, 0.25) is 0 Å². The van der Waals surface area contributed by atoms with E-state index in [1.54, 1.807) is 18.8 Å². The number of Topliss-reactive ketones (excluding diaryl/α,β-unsaturated/α-hetero) is 1. The predicted molar refractivity (Wildman–Crippen MR) is 98.4 cm³/mol. The van der Waals surface area contributed by atoms with Gasteiger partial charge in [-0.05, 0) is 42.9 Å². The molecule has 5 nitrogen and oxygen atoms in total. The molecule has 1 aliphatic rings. The lowest BCUT2D eigenvalue weighted by molar-refractivity contribution is 0.0783. The third-order valence-electron chi connectivity index (χ3n) is 4.41. The molecule has 0 unspecified atom stereocenters. The van der Waals surface area contributed by atoms with Crippen molar-refractivity contribution in [2.75, 3.05) is 13.3 Å². The third kappa shape index (κ3) is 3.69. The van der Waals surface area contributed by atoms with Crippen LogP contribution in [0.4, 0.5) is 0 Å². The zero-order valence-electron chi connectivity index (χ0n) is 14.3. The molecule has 0 atom stereocenters. The van der Waals surface area contributed by atoms with Gasteiger partial charge in [0.05, 0.1) is 0 Å². The molecule has 1 heterocycles. The summed E-state index contributed by atoms with van der Waals surface area (Å²) < 4.78 is 0. The first-order chi connectivity index (χ1) is 12.0. The quantitative estimate of drug-likeness (QED) is 0.855. The topological polar surface area (TPSA) is 70.2 Å². The molecule has 0 spiro atoms. The third-order valence-corrected chi connectivity index (χ3v) is 5.15. The van der Waals surface area contributed by atoms with E-state index >= 15 is 0 Å². The lowest BCUT2D eigenvalue weighted by atomic mass is 9.93. The van der Waals surface area contributed by atoms with Gasteiger partial charge in [0, 0.05) is 36.2 Å². The van der Waals surface area contributed by atoms with Gasteiger partial charge in [0.2, 0.25) is 0 Å². The number of amides is 1. The van der Waals surface area contributed by atoms with E-state index in [9.17, 15) is 14.4 Å². The van der Waals surface area contributed by atoms with Crippen LogP contribution < -0.4 is 5.56 Å². The number of fused-ring (bicyclic) bond motifs is 1. The minimum atomic E-state index is -0.428. The lowest BCUT2D eigenvalue weighted by Crippen LogP contribution is -2.33. The summed E-state index contributed by atoms with van der Waals surface area (Å²) in [6.07, 6.45) is 3.88. The fourth-order valence-electron chi connectivity index (χ4n) is 3.02. The molecule has 0 radical (unpaired) electrons. The number of carbonyl (C=O) groups is 2. The number of aromatic nitrogens is 1. The highest BCUT2D eigenvalue weighted by Crippen LogP contribution is 2.20. The Bertz CT molecular complexity index is 871. The monoisotopic (exact) mass is 356 g/mol. The summed E-state index contributed by atoms with van der Waals surface area (Å²) in [7, 11) is 1.66. The number of rotatable bonds is 4. The second-order valence-corrected chi connectivity index (χ2v) is 7.07. The smallest absolute Gasteiger partial charge is 0.261 e. The maximum Gasteiger partial charge on any atom is 0.261 e. The summed E-state index contributed by atoms with van der Waals surface area (Å²) in [5.74, 6) is -0.391. The Balaban J connectivity index is 1.83. The van der Waals surface area contributed by atoms with Gasteiger partial charge in [-0.1, -0.05) is 12.1 Å². The van der Waals surface area contributed by atoms with Gasteiger partial charge in [0.1, 0.15) is 5.56 Å². The molecular formula is C19H20N2O3S. The standard InChI is InChI=1S/C19H20N2O3S/c1-21(11-12-6-8-13(25-2)9-7-12)19(24)15-10-14-16(20-18(15)23)4-3-5-17(14)22/h6-10H,3-5,11H2,1-2H3,(H,20,23). The van der Waals surface area contributed by atoms with Gasteiger partial charge < -0.3 is 9.88 Å². The van der Waals surface area contributed by atoms with Gasteiger partial charge in [0.15, 0.2) is 5.78 Å². The van der Waals surface area contributed by atoms with Gasteiger partial charge >= 0.3 is 0 Å². The number of nitrogens with one attached hydrogen (secondary N) is 1. The second-order valence-electron chi connectivity index (χ2n) is 6.19. The zero-order valence-corrected chi connectivity index (χ0v) is 15.1. The fourth-order valence-corrected chi connectivity index (χ4v) is 3.42. The van der Waals surface area contributed by atoms with Crippen LogP contribution in [0.15, 0.2) is 40.0 Å². The van der Waals surface area contributed by atoms with Gasteiger partial charge in [-0.3, -0.25) is 14.4 Å². The first-order valence-electron chi connectivity index (χ1n) is 8.17. The molecule has 1 N–H and O–H groups in total. The number of nitrogens with zero attached hydrogens (tertiary/aromatic N) is 1. The van der Waals surface area contributed by atoms with Gasteiger partial charge in [0.25, 0.3) is 11.5 Å². The molecule has 1 amide bonds. The average molecular weight is 356 g/mol. The van der Waals surface area contributed by atoms with Gasteiger partial charge in [-0.2, -0.15) is 0 Å². The van der Waals surface area contributed by atoms with E-state index in [0.29, 0.717) is 30.6 Å². The van der Waals surface area contributed by atoms with Gasteiger partial charge in [-0.15, -0.1) is 11.8 Å². The highest BCUT2D eigenvalue weighted by molar-refractivity contribution is 7.98. The molecule has 130 valence electrons. The number of hydrogen-bond acceptors (Lipinski definition) is 4. The summed E-state index contributed by atoms with van der Waals surface area (Å²) in [5.41, 5.74) is 1.71. The van der Waals surface area contributed by atoms with Crippen LogP contribution in [0.3, 0.4) is 0 Å². The molecule has 3 rings (SSSR count). The van der Waals surface area contributed by atoms with E-state index in [2.05, 4.69) is 4.98 Å². The second kappa shape index (κ2) is 7.27. The van der Waals surface area contributed by atoms with Crippen LogP contribution in [-0.4, -0.2) is 34.9 Å². The summed E-state index contributed by atoms with van der Waals surface area (Å²) >= 11 is 1.66. The highest BCUT2D eigenvalue weighted by Gasteiger charge is 2.23. The number of aromatic amines is 1.